The molecule has 0 spiro atoms. The Morgan fingerprint density at radius 1 is 1.24 bits per heavy atom. The first-order chi connectivity index (χ1) is 15.3. The summed E-state index contributed by atoms with van der Waals surface area (Å²) in [6.07, 6.45) is -0.104. The summed E-state index contributed by atoms with van der Waals surface area (Å²) in [7, 11) is -2.91. The molecule has 1 amide bonds. The zero-order chi connectivity index (χ0) is 24.8. The van der Waals surface area contributed by atoms with Crippen LogP contribution in [0.25, 0.3) is 0 Å². The van der Waals surface area contributed by atoms with Gasteiger partial charge in [-0.15, -0.1) is 0 Å². The lowest BCUT2D eigenvalue weighted by atomic mass is 10.1. The number of nitrogens with zero attached hydrogens (tertiary/aromatic N) is 1. The first-order valence-corrected chi connectivity index (χ1v) is 12.2. The molecule has 0 aliphatic heterocycles. The summed E-state index contributed by atoms with van der Waals surface area (Å²) < 4.78 is 58.8. The number of halogens is 4. The van der Waals surface area contributed by atoms with Crippen molar-refractivity contribution in [1.82, 2.24) is 4.72 Å². The molecule has 0 bridgehead atoms. The third-order valence-electron chi connectivity index (χ3n) is 4.44. The van der Waals surface area contributed by atoms with Crippen LogP contribution in [0.15, 0.2) is 36.4 Å². The number of rotatable bonds is 9. The zero-order valence-electron chi connectivity index (χ0n) is 17.8. The van der Waals surface area contributed by atoms with Gasteiger partial charge in [0.05, 0.1) is 15.5 Å². The van der Waals surface area contributed by atoms with E-state index in [9.17, 15) is 32.3 Å². The molecule has 1 atom stereocenters. The molecule has 0 heterocycles. The fraction of sp³-hybridized carbons (Fsp3) is 0.333. The van der Waals surface area contributed by atoms with Gasteiger partial charge < -0.3 is 4.74 Å². The maximum Gasteiger partial charge on any atom is 0.416 e. The summed E-state index contributed by atoms with van der Waals surface area (Å²) in [6.45, 7) is 2.01. The highest BCUT2D eigenvalue weighted by molar-refractivity contribution is 7.99. The Hall–Kier alpha value is -2.79. The van der Waals surface area contributed by atoms with Crippen molar-refractivity contribution in [2.24, 2.45) is 0 Å². The van der Waals surface area contributed by atoms with Gasteiger partial charge in [-0.1, -0.05) is 31.4 Å². The summed E-state index contributed by atoms with van der Waals surface area (Å²) in [4.78, 5) is 23.3. The number of carbonyl (C=O) groups is 1. The molecule has 2 rings (SSSR count). The predicted octanol–water partition coefficient (Wildman–Crippen LogP) is 6.00. The van der Waals surface area contributed by atoms with E-state index in [1.807, 2.05) is 6.92 Å². The van der Waals surface area contributed by atoms with Gasteiger partial charge in [0.25, 0.3) is 11.6 Å². The van der Waals surface area contributed by atoms with Crippen LogP contribution in [-0.2, 0) is 15.9 Å². The Kier molecular flexibility index (Phi) is 8.73. The molecule has 12 heteroatoms. The SMILES string of the molecule is CCCCCC=S(C)(=O)NC(=O)c1cc(Oc2ccc(C(F)(F)F)cc2Cl)ccc1[N+](=O)[O-]. The fourth-order valence-electron chi connectivity index (χ4n) is 2.79. The van der Waals surface area contributed by atoms with Crippen molar-refractivity contribution in [3.05, 3.63) is 62.7 Å². The standard InChI is InChI=1S/C21H22ClF3N2O5S/c1-3-4-5-6-11-33(2,31)26-20(28)16-13-15(8-9-18(16)27(29)30)32-19-10-7-14(12-17(19)22)21(23,24)25/h7-13H,3-6H2,1-2H3,(H,26,28,31). The van der Waals surface area contributed by atoms with Crippen LogP contribution in [0.4, 0.5) is 18.9 Å². The van der Waals surface area contributed by atoms with Gasteiger partial charge in [-0.3, -0.25) is 19.6 Å². The predicted molar refractivity (Wildman–Crippen MR) is 121 cm³/mol. The third kappa shape index (κ3) is 7.64. The number of hydrogen-bond acceptors (Lipinski definition) is 5. The topological polar surface area (TPSA) is 98.5 Å². The van der Waals surface area contributed by atoms with Crippen LogP contribution in [0.5, 0.6) is 11.5 Å². The van der Waals surface area contributed by atoms with Crippen LogP contribution in [0.2, 0.25) is 5.02 Å². The maximum atomic E-state index is 12.8. The minimum absolute atomic E-state index is 0.0815. The molecule has 0 saturated carbocycles. The van der Waals surface area contributed by atoms with Gasteiger partial charge in [0.2, 0.25) is 0 Å². The highest BCUT2D eigenvalue weighted by Gasteiger charge is 2.31. The summed E-state index contributed by atoms with van der Waals surface area (Å²) in [5, 5.41) is 12.5. The molecule has 0 aliphatic rings. The van der Waals surface area contributed by atoms with Crippen LogP contribution >= 0.6 is 11.6 Å². The van der Waals surface area contributed by atoms with E-state index in [2.05, 4.69) is 4.72 Å². The number of nitro benzene ring substituents is 1. The second-order valence-corrected chi connectivity index (χ2v) is 9.93. The molecule has 180 valence electrons. The lowest BCUT2D eigenvalue weighted by molar-refractivity contribution is -0.385. The number of alkyl halides is 3. The van der Waals surface area contributed by atoms with E-state index < -0.39 is 43.5 Å². The molecule has 7 nitrogen and oxygen atoms in total. The molecular weight excluding hydrogens is 485 g/mol. The van der Waals surface area contributed by atoms with Gasteiger partial charge in [0.1, 0.15) is 17.1 Å². The smallest absolute Gasteiger partial charge is 0.416 e. The van der Waals surface area contributed by atoms with Crippen LogP contribution in [0, 0.1) is 10.1 Å². The first kappa shape index (κ1) is 26.5. The van der Waals surface area contributed by atoms with E-state index in [0.29, 0.717) is 12.5 Å². The van der Waals surface area contributed by atoms with Crippen molar-refractivity contribution in [2.45, 2.75) is 38.8 Å². The van der Waals surface area contributed by atoms with Gasteiger partial charge in [0.15, 0.2) is 0 Å². The van der Waals surface area contributed by atoms with Crippen molar-refractivity contribution in [2.75, 3.05) is 6.26 Å². The number of hydrogen-bond donors (Lipinski definition) is 1. The fourth-order valence-corrected chi connectivity index (χ4v) is 4.19. The lowest BCUT2D eigenvalue weighted by Crippen LogP contribution is -2.31. The normalized spacial score (nSPS) is 13.2. The minimum atomic E-state index is -4.60. The molecule has 33 heavy (non-hydrogen) atoms. The van der Waals surface area contributed by atoms with Gasteiger partial charge in [-0.2, -0.15) is 13.2 Å². The molecule has 1 N–H and O–H groups in total. The minimum Gasteiger partial charge on any atom is -0.456 e. The van der Waals surface area contributed by atoms with E-state index in [1.165, 1.54) is 17.7 Å². The molecule has 0 aromatic heterocycles. The maximum absolute atomic E-state index is 12.8. The summed E-state index contributed by atoms with van der Waals surface area (Å²) in [5.41, 5.74) is -1.95. The number of amides is 1. The van der Waals surface area contributed by atoms with Crippen molar-refractivity contribution in [3.63, 3.8) is 0 Å². The van der Waals surface area contributed by atoms with E-state index in [1.54, 1.807) is 0 Å². The van der Waals surface area contributed by atoms with Gasteiger partial charge in [-0.25, -0.2) is 4.21 Å². The van der Waals surface area contributed by atoms with Crippen molar-refractivity contribution < 1.29 is 31.8 Å². The largest absolute Gasteiger partial charge is 0.456 e. The average molecular weight is 507 g/mol. The Bertz CT molecular complexity index is 1160. The van der Waals surface area contributed by atoms with E-state index in [4.69, 9.17) is 16.3 Å². The van der Waals surface area contributed by atoms with Crippen LogP contribution in [-0.4, -0.2) is 26.7 Å². The van der Waals surface area contributed by atoms with E-state index >= 15 is 0 Å². The molecule has 2 aromatic carbocycles. The van der Waals surface area contributed by atoms with Crippen molar-refractivity contribution in [3.8, 4) is 11.5 Å². The summed E-state index contributed by atoms with van der Waals surface area (Å²) >= 11 is 5.87. The number of carbonyl (C=O) groups excluding carboxylic acids is 1. The average Bonchev–Trinajstić information content (AvgIpc) is 2.71. The van der Waals surface area contributed by atoms with Crippen LogP contribution in [0.1, 0.15) is 48.5 Å². The van der Waals surface area contributed by atoms with Gasteiger partial charge in [0, 0.05) is 28.1 Å². The Labute approximate surface area is 194 Å². The second kappa shape index (κ2) is 10.9. The van der Waals surface area contributed by atoms with Gasteiger partial charge in [-0.05, 0) is 42.5 Å². The number of nitrogens with one attached hydrogen (secondary N) is 1. The van der Waals surface area contributed by atoms with Gasteiger partial charge >= 0.3 is 6.18 Å². The Balaban J connectivity index is 2.32. The van der Waals surface area contributed by atoms with Crippen LogP contribution < -0.4 is 9.46 Å². The highest BCUT2D eigenvalue weighted by atomic mass is 35.5. The first-order valence-electron chi connectivity index (χ1n) is 9.81. The number of unbranched alkanes of at least 4 members (excludes halogenated alkanes) is 3. The zero-order valence-corrected chi connectivity index (χ0v) is 19.4. The summed E-state index contributed by atoms with van der Waals surface area (Å²) in [5.74, 6) is -1.18. The number of benzene rings is 2. The number of ether oxygens (including phenoxy) is 1. The molecule has 0 fully saturated rings. The number of nitro groups is 1. The van der Waals surface area contributed by atoms with Crippen molar-refractivity contribution >= 4 is 38.3 Å². The molecule has 0 saturated heterocycles. The second-order valence-electron chi connectivity index (χ2n) is 7.18. The van der Waals surface area contributed by atoms with E-state index in [0.717, 1.165) is 43.5 Å². The van der Waals surface area contributed by atoms with Crippen LogP contribution in [0.3, 0.4) is 0 Å². The monoisotopic (exact) mass is 506 g/mol. The quantitative estimate of drug-likeness (QED) is 0.194. The molecule has 0 aliphatic carbocycles. The lowest BCUT2D eigenvalue weighted by Gasteiger charge is -2.13. The van der Waals surface area contributed by atoms with E-state index in [-0.39, 0.29) is 16.5 Å². The third-order valence-corrected chi connectivity index (χ3v) is 6.19. The summed E-state index contributed by atoms with van der Waals surface area (Å²) in [6, 6.07) is 5.65. The molecule has 1 unspecified atom stereocenters. The molecule has 0 radical (unpaired) electrons. The molecule has 2 aromatic rings. The Morgan fingerprint density at radius 2 is 1.94 bits per heavy atom. The highest BCUT2D eigenvalue weighted by Crippen LogP contribution is 2.37. The van der Waals surface area contributed by atoms with Crippen molar-refractivity contribution in [1.29, 1.82) is 0 Å². The Morgan fingerprint density at radius 3 is 2.52 bits per heavy atom. The molecular formula is C21H22ClF3N2O5S.